The largest absolute Gasteiger partial charge is 0.468 e. The van der Waals surface area contributed by atoms with Crippen LogP contribution in [0.15, 0.2) is 54.6 Å². The fraction of sp³-hybridized carbons (Fsp3) is 0.188. The standard InChI is InChI=1S/C16H13Cl3N2O5/c17-16(18,19)15(25-13-8-6-12(7-9-13)21(23)24)20-26-14(22)10-11-4-2-1-3-5-11/h1-9,15,20H,10H2/t15-/m0/s1. The van der Waals surface area contributed by atoms with Crippen molar-refractivity contribution >= 4 is 46.5 Å². The van der Waals surface area contributed by atoms with Gasteiger partial charge in [-0.25, -0.2) is 0 Å². The average molecular weight is 420 g/mol. The van der Waals surface area contributed by atoms with Crippen LogP contribution < -0.4 is 10.2 Å². The number of halogens is 3. The lowest BCUT2D eigenvalue weighted by Crippen LogP contribution is -2.46. The molecule has 7 nitrogen and oxygen atoms in total. The van der Waals surface area contributed by atoms with E-state index in [0.717, 1.165) is 5.56 Å². The van der Waals surface area contributed by atoms with Crippen molar-refractivity contribution < 1.29 is 19.3 Å². The number of alkyl halides is 3. The number of carbonyl (C=O) groups is 1. The maximum Gasteiger partial charge on any atom is 0.329 e. The molecule has 0 fully saturated rings. The molecule has 138 valence electrons. The Labute approximate surface area is 163 Å². The Hall–Kier alpha value is -2.06. The van der Waals surface area contributed by atoms with E-state index >= 15 is 0 Å². The molecule has 0 spiro atoms. The number of hydroxylamine groups is 1. The number of rotatable bonds is 7. The summed E-state index contributed by atoms with van der Waals surface area (Å²) in [6, 6.07) is 14.0. The monoisotopic (exact) mass is 418 g/mol. The summed E-state index contributed by atoms with van der Waals surface area (Å²) in [7, 11) is 0. The smallest absolute Gasteiger partial charge is 0.329 e. The van der Waals surface area contributed by atoms with Crippen molar-refractivity contribution in [3.8, 4) is 5.75 Å². The van der Waals surface area contributed by atoms with Crippen LogP contribution in [0.3, 0.4) is 0 Å². The third kappa shape index (κ3) is 6.34. The van der Waals surface area contributed by atoms with Gasteiger partial charge in [0, 0.05) is 12.1 Å². The van der Waals surface area contributed by atoms with Crippen LogP contribution in [0.4, 0.5) is 5.69 Å². The first-order valence-corrected chi connectivity index (χ1v) is 8.36. The zero-order valence-electron chi connectivity index (χ0n) is 13.1. The molecular weight excluding hydrogens is 407 g/mol. The highest BCUT2D eigenvalue weighted by Crippen LogP contribution is 2.32. The summed E-state index contributed by atoms with van der Waals surface area (Å²) in [6.45, 7) is 0. The summed E-state index contributed by atoms with van der Waals surface area (Å²) in [6.07, 6.45) is -1.33. The third-order valence-corrected chi connectivity index (χ3v) is 3.66. The van der Waals surface area contributed by atoms with Crippen LogP contribution in [0.5, 0.6) is 5.75 Å². The molecule has 0 aliphatic heterocycles. The van der Waals surface area contributed by atoms with Gasteiger partial charge in [0.15, 0.2) is 0 Å². The number of nitrogens with one attached hydrogen (secondary N) is 1. The Morgan fingerprint density at radius 2 is 1.73 bits per heavy atom. The molecule has 0 saturated carbocycles. The van der Waals surface area contributed by atoms with Gasteiger partial charge in [-0.3, -0.25) is 14.9 Å². The molecule has 2 aromatic carbocycles. The average Bonchev–Trinajstić information content (AvgIpc) is 2.59. The quantitative estimate of drug-likeness (QED) is 0.316. The second-order valence-corrected chi connectivity index (χ2v) is 7.41. The van der Waals surface area contributed by atoms with E-state index in [1.165, 1.54) is 24.3 Å². The van der Waals surface area contributed by atoms with Crippen LogP contribution in [-0.2, 0) is 16.1 Å². The number of nitro benzene ring substituents is 1. The van der Waals surface area contributed by atoms with E-state index in [1.807, 2.05) is 6.07 Å². The van der Waals surface area contributed by atoms with Crippen LogP contribution in [-0.4, -0.2) is 20.9 Å². The lowest BCUT2D eigenvalue weighted by atomic mass is 10.2. The lowest BCUT2D eigenvalue weighted by molar-refractivity contribution is -0.384. The number of hydrogen-bond acceptors (Lipinski definition) is 6. The van der Waals surface area contributed by atoms with Gasteiger partial charge in [0.2, 0.25) is 10.0 Å². The summed E-state index contributed by atoms with van der Waals surface area (Å²) in [4.78, 5) is 26.9. The molecular formula is C16H13Cl3N2O5. The zero-order valence-corrected chi connectivity index (χ0v) is 15.4. The minimum atomic E-state index is -1.98. The van der Waals surface area contributed by atoms with Gasteiger partial charge in [-0.15, -0.1) is 5.48 Å². The van der Waals surface area contributed by atoms with Gasteiger partial charge in [0.25, 0.3) is 5.69 Å². The van der Waals surface area contributed by atoms with E-state index in [2.05, 4.69) is 5.48 Å². The Bertz CT molecular complexity index is 751. The first-order valence-electron chi connectivity index (χ1n) is 7.22. The van der Waals surface area contributed by atoms with Crippen molar-refractivity contribution in [2.75, 3.05) is 0 Å². The van der Waals surface area contributed by atoms with Crippen LogP contribution in [0.1, 0.15) is 5.56 Å². The molecule has 1 atom stereocenters. The number of hydrogen-bond donors (Lipinski definition) is 1. The van der Waals surface area contributed by atoms with E-state index in [9.17, 15) is 14.9 Å². The summed E-state index contributed by atoms with van der Waals surface area (Å²) in [5.41, 5.74) is 2.89. The van der Waals surface area contributed by atoms with Crippen molar-refractivity contribution in [3.63, 3.8) is 0 Å². The minimum absolute atomic E-state index is 0.0119. The maximum absolute atomic E-state index is 11.9. The molecule has 2 aromatic rings. The van der Waals surface area contributed by atoms with Crippen LogP contribution >= 0.6 is 34.8 Å². The normalized spacial score (nSPS) is 12.3. The number of nitrogens with zero attached hydrogens (tertiary/aromatic N) is 1. The van der Waals surface area contributed by atoms with Gasteiger partial charge in [-0.05, 0) is 17.7 Å². The second-order valence-electron chi connectivity index (χ2n) is 5.04. The van der Waals surface area contributed by atoms with Crippen LogP contribution in [0, 0.1) is 10.1 Å². The number of ether oxygens (including phenoxy) is 1. The summed E-state index contributed by atoms with van der Waals surface area (Å²) in [5.74, 6) is -0.429. The molecule has 1 N–H and O–H groups in total. The summed E-state index contributed by atoms with van der Waals surface area (Å²) >= 11 is 17.5. The topological polar surface area (TPSA) is 90.7 Å². The van der Waals surface area contributed by atoms with Crippen molar-refractivity contribution in [3.05, 3.63) is 70.3 Å². The molecule has 0 amide bonds. The Balaban J connectivity index is 1.97. The molecule has 0 aliphatic rings. The SMILES string of the molecule is O=C(Cc1ccccc1)ON[C@@H](Oc1ccc([N+](=O)[O-])cc1)C(Cl)(Cl)Cl. The Morgan fingerprint density at radius 3 is 2.27 bits per heavy atom. The number of carbonyl (C=O) groups excluding carboxylic acids is 1. The fourth-order valence-electron chi connectivity index (χ4n) is 1.86. The summed E-state index contributed by atoms with van der Waals surface area (Å²) in [5, 5.41) is 10.7. The van der Waals surface area contributed by atoms with Crippen molar-refractivity contribution in [2.45, 2.75) is 16.4 Å². The molecule has 0 aromatic heterocycles. The first-order chi connectivity index (χ1) is 12.3. The Kier molecular flexibility index (Phi) is 7.05. The molecule has 10 heteroatoms. The van der Waals surface area contributed by atoms with Crippen molar-refractivity contribution in [1.29, 1.82) is 0 Å². The minimum Gasteiger partial charge on any atom is -0.468 e. The van der Waals surface area contributed by atoms with E-state index in [1.54, 1.807) is 24.3 Å². The molecule has 2 rings (SSSR count). The van der Waals surface area contributed by atoms with Crippen LogP contribution in [0.2, 0.25) is 0 Å². The van der Waals surface area contributed by atoms with Gasteiger partial charge >= 0.3 is 5.97 Å². The predicted octanol–water partition coefficient (Wildman–Crippen LogP) is 3.96. The predicted molar refractivity (Wildman–Crippen MR) is 97.2 cm³/mol. The van der Waals surface area contributed by atoms with Crippen molar-refractivity contribution in [1.82, 2.24) is 5.48 Å². The molecule has 26 heavy (non-hydrogen) atoms. The van der Waals surface area contributed by atoms with Gasteiger partial charge < -0.3 is 9.57 Å². The van der Waals surface area contributed by atoms with Gasteiger partial charge in [-0.2, -0.15) is 0 Å². The summed E-state index contributed by atoms with van der Waals surface area (Å²) < 4.78 is 3.43. The highest BCUT2D eigenvalue weighted by atomic mass is 35.6. The molecule has 0 unspecified atom stereocenters. The lowest BCUT2D eigenvalue weighted by Gasteiger charge is -2.25. The third-order valence-electron chi connectivity index (χ3n) is 3.07. The second kappa shape index (κ2) is 9.05. The maximum atomic E-state index is 11.9. The van der Waals surface area contributed by atoms with E-state index in [0.29, 0.717) is 0 Å². The molecule has 0 saturated heterocycles. The Morgan fingerprint density at radius 1 is 1.12 bits per heavy atom. The van der Waals surface area contributed by atoms with E-state index in [-0.39, 0.29) is 17.9 Å². The number of non-ortho nitro benzene ring substituents is 1. The highest BCUT2D eigenvalue weighted by molar-refractivity contribution is 6.68. The van der Waals surface area contributed by atoms with Gasteiger partial charge in [-0.1, -0.05) is 65.1 Å². The van der Waals surface area contributed by atoms with Gasteiger partial charge in [0.1, 0.15) is 5.75 Å². The number of nitro groups is 1. The zero-order chi connectivity index (χ0) is 19.2. The molecule has 0 bridgehead atoms. The number of benzene rings is 2. The molecule has 0 heterocycles. The molecule has 0 aliphatic carbocycles. The van der Waals surface area contributed by atoms with E-state index < -0.39 is 20.9 Å². The molecule has 0 radical (unpaired) electrons. The van der Waals surface area contributed by atoms with E-state index in [4.69, 9.17) is 44.4 Å². The highest BCUT2D eigenvalue weighted by Gasteiger charge is 2.36. The van der Waals surface area contributed by atoms with Crippen molar-refractivity contribution in [2.24, 2.45) is 0 Å². The van der Waals surface area contributed by atoms with Crippen LogP contribution in [0.25, 0.3) is 0 Å². The van der Waals surface area contributed by atoms with Gasteiger partial charge in [0.05, 0.1) is 11.3 Å². The fourth-order valence-corrected chi connectivity index (χ4v) is 2.13. The first kappa shape index (κ1) is 20.3.